The standard InChI is InChI=1S/C12H10N2O/c1-9(15)10-5-4-8-14-12(10)11-6-2-3-7-13-11/h2-8H,1H3. The van der Waals surface area contributed by atoms with Crippen LogP contribution in [0, 0.1) is 0 Å². The normalized spacial score (nSPS) is 9.93. The average Bonchev–Trinajstić information content (AvgIpc) is 2.30. The highest BCUT2D eigenvalue weighted by atomic mass is 16.1. The number of hydrogen-bond acceptors (Lipinski definition) is 3. The zero-order valence-corrected chi connectivity index (χ0v) is 8.34. The van der Waals surface area contributed by atoms with Crippen LogP contribution in [0.15, 0.2) is 42.7 Å². The molecule has 74 valence electrons. The highest BCUT2D eigenvalue weighted by Crippen LogP contribution is 2.18. The van der Waals surface area contributed by atoms with E-state index in [9.17, 15) is 4.79 Å². The van der Waals surface area contributed by atoms with Gasteiger partial charge in [-0.3, -0.25) is 14.8 Å². The van der Waals surface area contributed by atoms with Gasteiger partial charge in [0.25, 0.3) is 0 Å². The minimum absolute atomic E-state index is 0.00348. The molecule has 0 atom stereocenters. The first-order valence-corrected chi connectivity index (χ1v) is 4.66. The molecule has 0 bridgehead atoms. The maximum Gasteiger partial charge on any atom is 0.162 e. The van der Waals surface area contributed by atoms with E-state index in [0.717, 1.165) is 5.69 Å². The van der Waals surface area contributed by atoms with Gasteiger partial charge in [0.1, 0.15) is 0 Å². The van der Waals surface area contributed by atoms with Crippen LogP contribution in [-0.4, -0.2) is 15.8 Å². The fourth-order valence-corrected chi connectivity index (χ4v) is 1.40. The lowest BCUT2D eigenvalue weighted by atomic mass is 10.1. The zero-order valence-electron chi connectivity index (χ0n) is 8.34. The molecule has 15 heavy (non-hydrogen) atoms. The Labute approximate surface area is 87.8 Å². The lowest BCUT2D eigenvalue weighted by Crippen LogP contribution is -1.98. The van der Waals surface area contributed by atoms with E-state index >= 15 is 0 Å². The molecule has 0 N–H and O–H groups in total. The number of Topliss-reactive ketones (excluding diaryl/α,β-unsaturated/α-hetero) is 1. The van der Waals surface area contributed by atoms with Crippen molar-refractivity contribution in [3.8, 4) is 11.4 Å². The number of nitrogens with zero attached hydrogens (tertiary/aromatic N) is 2. The summed E-state index contributed by atoms with van der Waals surface area (Å²) in [4.78, 5) is 19.7. The van der Waals surface area contributed by atoms with Gasteiger partial charge >= 0.3 is 0 Å². The maximum atomic E-state index is 11.4. The molecule has 0 unspecified atom stereocenters. The Hall–Kier alpha value is -2.03. The van der Waals surface area contributed by atoms with Crippen LogP contribution in [0.1, 0.15) is 17.3 Å². The van der Waals surface area contributed by atoms with Crippen molar-refractivity contribution in [1.82, 2.24) is 9.97 Å². The topological polar surface area (TPSA) is 42.9 Å². The van der Waals surface area contributed by atoms with E-state index in [1.807, 2.05) is 18.2 Å². The molecule has 0 radical (unpaired) electrons. The van der Waals surface area contributed by atoms with Crippen LogP contribution < -0.4 is 0 Å². The first kappa shape index (κ1) is 9.52. The molecule has 0 saturated heterocycles. The van der Waals surface area contributed by atoms with Gasteiger partial charge in [-0.2, -0.15) is 0 Å². The second-order valence-electron chi connectivity index (χ2n) is 3.17. The Morgan fingerprint density at radius 3 is 2.53 bits per heavy atom. The highest BCUT2D eigenvalue weighted by molar-refractivity contribution is 5.99. The monoisotopic (exact) mass is 198 g/mol. The van der Waals surface area contributed by atoms with Crippen LogP contribution >= 0.6 is 0 Å². The summed E-state index contributed by atoms with van der Waals surface area (Å²) in [5, 5.41) is 0. The van der Waals surface area contributed by atoms with Gasteiger partial charge in [-0.25, -0.2) is 0 Å². The third kappa shape index (κ3) is 1.91. The number of hydrogen-bond donors (Lipinski definition) is 0. The number of aromatic nitrogens is 2. The van der Waals surface area contributed by atoms with Crippen LogP contribution in [0.25, 0.3) is 11.4 Å². The smallest absolute Gasteiger partial charge is 0.162 e. The summed E-state index contributed by atoms with van der Waals surface area (Å²) in [5.41, 5.74) is 1.98. The summed E-state index contributed by atoms with van der Waals surface area (Å²) in [7, 11) is 0. The Morgan fingerprint density at radius 2 is 1.87 bits per heavy atom. The fourth-order valence-electron chi connectivity index (χ4n) is 1.40. The summed E-state index contributed by atoms with van der Waals surface area (Å²) < 4.78 is 0. The van der Waals surface area contributed by atoms with Gasteiger partial charge < -0.3 is 0 Å². The van der Waals surface area contributed by atoms with Gasteiger partial charge in [0.05, 0.1) is 11.4 Å². The van der Waals surface area contributed by atoms with E-state index < -0.39 is 0 Å². The largest absolute Gasteiger partial charge is 0.294 e. The van der Waals surface area contributed by atoms with Crippen LogP contribution in [0.2, 0.25) is 0 Å². The van der Waals surface area contributed by atoms with Crippen molar-refractivity contribution < 1.29 is 4.79 Å². The molecule has 0 aromatic carbocycles. The lowest BCUT2D eigenvalue weighted by molar-refractivity contribution is 0.101. The summed E-state index contributed by atoms with van der Waals surface area (Å²) in [6.45, 7) is 1.53. The molecule has 3 nitrogen and oxygen atoms in total. The molecule has 0 fully saturated rings. The van der Waals surface area contributed by atoms with Gasteiger partial charge in [-0.05, 0) is 31.2 Å². The van der Waals surface area contributed by atoms with Crippen molar-refractivity contribution in [2.24, 2.45) is 0 Å². The minimum Gasteiger partial charge on any atom is -0.294 e. The Kier molecular flexibility index (Phi) is 2.54. The molecule has 0 saturated carbocycles. The van der Waals surface area contributed by atoms with Gasteiger partial charge in [-0.15, -0.1) is 0 Å². The predicted molar refractivity (Wildman–Crippen MR) is 57.5 cm³/mol. The van der Waals surface area contributed by atoms with Gasteiger partial charge in [0.15, 0.2) is 5.78 Å². The molecular formula is C12H10N2O. The molecular weight excluding hydrogens is 188 g/mol. The second kappa shape index (κ2) is 4.00. The summed E-state index contributed by atoms with van der Waals surface area (Å²) in [6, 6.07) is 9.07. The van der Waals surface area contributed by atoms with E-state index in [2.05, 4.69) is 9.97 Å². The SMILES string of the molecule is CC(=O)c1cccnc1-c1ccccn1. The number of carbonyl (C=O) groups is 1. The van der Waals surface area contributed by atoms with Crippen molar-refractivity contribution in [2.75, 3.05) is 0 Å². The Bertz CT molecular complexity index is 480. The minimum atomic E-state index is 0.00348. The molecule has 2 rings (SSSR count). The lowest BCUT2D eigenvalue weighted by Gasteiger charge is -2.03. The summed E-state index contributed by atoms with van der Waals surface area (Å²) in [6.07, 6.45) is 3.35. The molecule has 0 aliphatic carbocycles. The molecule has 0 aliphatic rings. The first-order chi connectivity index (χ1) is 7.29. The quantitative estimate of drug-likeness (QED) is 0.695. The van der Waals surface area contributed by atoms with Gasteiger partial charge in [0.2, 0.25) is 0 Å². The Balaban J connectivity index is 2.58. The van der Waals surface area contributed by atoms with E-state index in [-0.39, 0.29) is 5.78 Å². The van der Waals surface area contributed by atoms with Crippen molar-refractivity contribution in [2.45, 2.75) is 6.92 Å². The maximum absolute atomic E-state index is 11.4. The highest BCUT2D eigenvalue weighted by Gasteiger charge is 2.09. The molecule has 2 aromatic rings. The van der Waals surface area contributed by atoms with E-state index in [0.29, 0.717) is 11.3 Å². The Morgan fingerprint density at radius 1 is 1.07 bits per heavy atom. The molecule has 0 spiro atoms. The second-order valence-corrected chi connectivity index (χ2v) is 3.17. The summed E-state index contributed by atoms with van der Waals surface area (Å²) in [5.74, 6) is 0.00348. The number of rotatable bonds is 2. The van der Waals surface area contributed by atoms with Crippen molar-refractivity contribution in [3.63, 3.8) is 0 Å². The molecule has 0 aliphatic heterocycles. The predicted octanol–water partition coefficient (Wildman–Crippen LogP) is 2.35. The molecule has 2 heterocycles. The fraction of sp³-hybridized carbons (Fsp3) is 0.0833. The number of carbonyl (C=O) groups excluding carboxylic acids is 1. The number of ketones is 1. The van der Waals surface area contributed by atoms with Crippen molar-refractivity contribution in [1.29, 1.82) is 0 Å². The van der Waals surface area contributed by atoms with Crippen molar-refractivity contribution in [3.05, 3.63) is 48.3 Å². The first-order valence-electron chi connectivity index (χ1n) is 4.66. The number of pyridine rings is 2. The summed E-state index contributed by atoms with van der Waals surface area (Å²) >= 11 is 0. The third-order valence-corrected chi connectivity index (χ3v) is 2.09. The van der Waals surface area contributed by atoms with E-state index in [1.54, 1.807) is 24.5 Å². The zero-order chi connectivity index (χ0) is 10.7. The van der Waals surface area contributed by atoms with E-state index in [4.69, 9.17) is 0 Å². The molecule has 2 aromatic heterocycles. The van der Waals surface area contributed by atoms with Crippen LogP contribution in [0.5, 0.6) is 0 Å². The van der Waals surface area contributed by atoms with Crippen LogP contribution in [0.3, 0.4) is 0 Å². The van der Waals surface area contributed by atoms with Gasteiger partial charge in [0, 0.05) is 18.0 Å². The van der Waals surface area contributed by atoms with Crippen LogP contribution in [0.4, 0.5) is 0 Å². The van der Waals surface area contributed by atoms with Gasteiger partial charge in [-0.1, -0.05) is 6.07 Å². The average molecular weight is 198 g/mol. The van der Waals surface area contributed by atoms with E-state index in [1.165, 1.54) is 6.92 Å². The molecule has 3 heteroatoms. The third-order valence-electron chi connectivity index (χ3n) is 2.09. The molecule has 0 amide bonds. The van der Waals surface area contributed by atoms with Crippen molar-refractivity contribution >= 4 is 5.78 Å². The van der Waals surface area contributed by atoms with Crippen LogP contribution in [-0.2, 0) is 0 Å².